The molecule has 2 heterocycles. The highest BCUT2D eigenvalue weighted by Gasteiger charge is 2.13. The molecule has 2 aromatic heterocycles. The lowest BCUT2D eigenvalue weighted by Gasteiger charge is -2.13. The zero-order valence-electron chi connectivity index (χ0n) is 19.4. The smallest absolute Gasteiger partial charge is 0.265 e. The van der Waals surface area contributed by atoms with Gasteiger partial charge in [0, 0.05) is 14.8 Å². The zero-order chi connectivity index (χ0) is 25.4. The number of pyridine rings is 1. The van der Waals surface area contributed by atoms with E-state index >= 15 is 0 Å². The van der Waals surface area contributed by atoms with Crippen LogP contribution in [-0.4, -0.2) is 21.6 Å². The summed E-state index contributed by atoms with van der Waals surface area (Å²) in [6.07, 6.45) is 0. The zero-order valence-corrected chi connectivity index (χ0v) is 22.3. The molecular weight excluding hydrogens is 583 g/mol. The molecular formula is C28H19IN4O2S. The largest absolute Gasteiger partial charge is 0.497 e. The summed E-state index contributed by atoms with van der Waals surface area (Å²) in [5.74, 6) is 1.35. The molecule has 0 aliphatic carbocycles. The lowest BCUT2D eigenvalue weighted by atomic mass is 9.99. The summed E-state index contributed by atoms with van der Waals surface area (Å²) >= 11 is 7.70. The van der Waals surface area contributed by atoms with Gasteiger partial charge in [0.15, 0.2) is 0 Å². The Morgan fingerprint density at radius 3 is 2.39 bits per heavy atom. The number of aryl methyl sites for hydroxylation is 1. The summed E-state index contributed by atoms with van der Waals surface area (Å²) in [6.45, 7) is 1.83. The van der Waals surface area contributed by atoms with Crippen LogP contribution in [0.5, 0.6) is 5.75 Å². The number of ether oxygens (including phenoxy) is 1. The first-order chi connectivity index (χ1) is 17.4. The molecule has 0 aliphatic rings. The van der Waals surface area contributed by atoms with E-state index in [0.717, 1.165) is 37.4 Å². The van der Waals surface area contributed by atoms with E-state index in [-0.39, 0.29) is 5.56 Å². The molecule has 0 unspecified atom stereocenters. The molecule has 8 heteroatoms. The number of benzene rings is 3. The minimum atomic E-state index is -0.108. The van der Waals surface area contributed by atoms with Crippen molar-refractivity contribution in [1.82, 2.24) is 14.5 Å². The van der Waals surface area contributed by atoms with Crippen molar-refractivity contribution in [2.45, 2.75) is 6.92 Å². The molecule has 0 spiro atoms. The number of aromatic amines is 1. The van der Waals surface area contributed by atoms with E-state index in [9.17, 15) is 10.1 Å². The highest BCUT2D eigenvalue weighted by molar-refractivity contribution is 14.1. The Morgan fingerprint density at radius 2 is 1.72 bits per heavy atom. The number of H-pyrrole nitrogens is 1. The van der Waals surface area contributed by atoms with Crippen LogP contribution in [0.3, 0.4) is 0 Å². The van der Waals surface area contributed by atoms with Crippen molar-refractivity contribution in [2.75, 3.05) is 7.11 Å². The summed E-state index contributed by atoms with van der Waals surface area (Å²) in [5.41, 5.74) is 4.95. The molecule has 0 saturated carbocycles. The second-order valence-corrected chi connectivity index (χ2v) is 9.80. The van der Waals surface area contributed by atoms with Gasteiger partial charge in [-0.15, -0.1) is 0 Å². The van der Waals surface area contributed by atoms with E-state index in [1.54, 1.807) is 11.7 Å². The van der Waals surface area contributed by atoms with Crippen LogP contribution in [-0.2, 0) is 0 Å². The van der Waals surface area contributed by atoms with Crippen LogP contribution in [0.25, 0.3) is 39.0 Å². The molecule has 6 nitrogen and oxygen atoms in total. The first-order valence-corrected chi connectivity index (χ1v) is 12.5. The Bertz CT molecular complexity index is 1780. The maximum absolute atomic E-state index is 13.3. The average Bonchev–Trinajstić information content (AvgIpc) is 2.89. The third-order valence-corrected chi connectivity index (χ3v) is 6.96. The Kier molecular flexibility index (Phi) is 6.43. The van der Waals surface area contributed by atoms with Gasteiger partial charge in [-0.2, -0.15) is 5.26 Å². The minimum absolute atomic E-state index is 0.108. The Balaban J connectivity index is 1.59. The van der Waals surface area contributed by atoms with Crippen molar-refractivity contribution >= 4 is 45.7 Å². The fourth-order valence-corrected chi connectivity index (χ4v) is 4.94. The topological polar surface area (TPSA) is 83.7 Å². The Hall–Kier alpha value is -3.81. The number of halogens is 1. The van der Waals surface area contributed by atoms with E-state index in [4.69, 9.17) is 17.0 Å². The molecule has 5 aromatic rings. The number of methoxy groups -OCH3 is 1. The van der Waals surface area contributed by atoms with Crippen molar-refractivity contribution in [1.29, 1.82) is 5.26 Å². The molecule has 3 aromatic carbocycles. The van der Waals surface area contributed by atoms with E-state index in [1.165, 1.54) is 0 Å². The average molecular weight is 602 g/mol. The first kappa shape index (κ1) is 23.9. The predicted octanol–water partition coefficient (Wildman–Crippen LogP) is 6.57. The number of nitriles is 1. The summed E-state index contributed by atoms with van der Waals surface area (Å²) in [5, 5.41) is 10.3. The van der Waals surface area contributed by atoms with Gasteiger partial charge in [0.05, 0.1) is 29.3 Å². The third kappa shape index (κ3) is 4.32. The van der Waals surface area contributed by atoms with Gasteiger partial charge >= 0.3 is 0 Å². The van der Waals surface area contributed by atoms with Crippen LogP contribution < -0.4 is 10.3 Å². The van der Waals surface area contributed by atoms with Crippen LogP contribution in [0.2, 0.25) is 0 Å². The lowest BCUT2D eigenvalue weighted by Crippen LogP contribution is -2.22. The molecule has 0 atom stereocenters. The summed E-state index contributed by atoms with van der Waals surface area (Å²) in [4.78, 5) is 21.1. The monoisotopic (exact) mass is 602 g/mol. The minimum Gasteiger partial charge on any atom is -0.497 e. The normalized spacial score (nSPS) is 10.8. The fraction of sp³-hybridized carbons (Fsp3) is 0.0714. The lowest BCUT2D eigenvalue weighted by molar-refractivity contribution is 0.415. The van der Waals surface area contributed by atoms with Crippen molar-refractivity contribution < 1.29 is 4.74 Å². The maximum Gasteiger partial charge on any atom is 0.265 e. The van der Waals surface area contributed by atoms with Gasteiger partial charge < -0.3 is 9.72 Å². The van der Waals surface area contributed by atoms with Gasteiger partial charge in [-0.1, -0.05) is 36.5 Å². The van der Waals surface area contributed by atoms with Crippen molar-refractivity contribution in [2.24, 2.45) is 0 Å². The van der Waals surface area contributed by atoms with Gasteiger partial charge in [0.1, 0.15) is 22.3 Å². The van der Waals surface area contributed by atoms with Crippen LogP contribution in [0.1, 0.15) is 11.4 Å². The molecule has 36 heavy (non-hydrogen) atoms. The van der Waals surface area contributed by atoms with E-state index in [1.807, 2.05) is 79.7 Å². The van der Waals surface area contributed by atoms with Gasteiger partial charge in [0.25, 0.3) is 5.56 Å². The number of nitrogens with zero attached hydrogens (tertiary/aromatic N) is 3. The van der Waals surface area contributed by atoms with Crippen LogP contribution in [0.4, 0.5) is 0 Å². The standard InChI is InChI=1S/C28H19IN4O2S/c1-16-31-25-12-7-19(29)13-23(25)28(34)33(16)20-8-3-18(4-9-20)26-14-22(24(15-30)27(36)32-26)17-5-10-21(35-2)11-6-17/h3-14H,1-2H3,(H,32,36). The quantitative estimate of drug-likeness (QED) is 0.186. The van der Waals surface area contributed by atoms with Crippen LogP contribution >= 0.6 is 34.8 Å². The van der Waals surface area contributed by atoms with Crippen molar-refractivity contribution in [3.8, 4) is 39.9 Å². The number of aromatic nitrogens is 3. The fourth-order valence-electron chi connectivity index (χ4n) is 4.19. The van der Waals surface area contributed by atoms with Gasteiger partial charge in [0.2, 0.25) is 0 Å². The SMILES string of the molecule is COc1ccc(-c2cc(-c3ccc(-n4c(C)nc5ccc(I)cc5c4=O)cc3)[nH]c(=S)c2C#N)cc1. The van der Waals surface area contributed by atoms with E-state index in [0.29, 0.717) is 26.9 Å². The van der Waals surface area contributed by atoms with Crippen molar-refractivity contribution in [3.63, 3.8) is 0 Å². The molecule has 0 bridgehead atoms. The second-order valence-electron chi connectivity index (χ2n) is 8.15. The number of hydrogen-bond acceptors (Lipinski definition) is 5. The van der Waals surface area contributed by atoms with E-state index < -0.39 is 0 Å². The highest BCUT2D eigenvalue weighted by Crippen LogP contribution is 2.30. The summed E-state index contributed by atoms with van der Waals surface area (Å²) in [6, 6.07) is 24.9. The molecule has 0 fully saturated rings. The first-order valence-electron chi connectivity index (χ1n) is 11.0. The van der Waals surface area contributed by atoms with Crippen LogP contribution in [0.15, 0.2) is 77.6 Å². The number of fused-ring (bicyclic) bond motifs is 1. The molecule has 1 N–H and O–H groups in total. The number of rotatable bonds is 4. The second kappa shape index (κ2) is 9.68. The van der Waals surface area contributed by atoms with E-state index in [2.05, 4.69) is 38.6 Å². The molecule has 5 rings (SSSR count). The maximum atomic E-state index is 13.3. The molecule has 0 radical (unpaired) electrons. The van der Waals surface area contributed by atoms with Gasteiger partial charge in [-0.3, -0.25) is 9.36 Å². The predicted molar refractivity (Wildman–Crippen MR) is 152 cm³/mol. The summed E-state index contributed by atoms with van der Waals surface area (Å²) in [7, 11) is 1.61. The molecule has 0 aliphatic heterocycles. The highest BCUT2D eigenvalue weighted by atomic mass is 127. The third-order valence-electron chi connectivity index (χ3n) is 5.98. The van der Waals surface area contributed by atoms with Crippen LogP contribution in [0, 0.1) is 26.5 Å². The molecule has 176 valence electrons. The van der Waals surface area contributed by atoms with Gasteiger partial charge in [-0.25, -0.2) is 4.98 Å². The number of hydrogen-bond donors (Lipinski definition) is 1. The number of nitrogens with one attached hydrogen (secondary N) is 1. The van der Waals surface area contributed by atoms with Crippen molar-refractivity contribution in [3.05, 3.63) is 103 Å². The Labute approximate surface area is 226 Å². The summed E-state index contributed by atoms with van der Waals surface area (Å²) < 4.78 is 8.21. The van der Waals surface area contributed by atoms with Gasteiger partial charge in [-0.05, 0) is 89.2 Å². The molecule has 0 amide bonds. The Morgan fingerprint density at radius 1 is 1.03 bits per heavy atom. The molecule has 0 saturated heterocycles.